The molecule has 0 aliphatic heterocycles. The van der Waals surface area contributed by atoms with Gasteiger partial charge in [-0.2, -0.15) is 5.10 Å². The number of ether oxygens (including phenoxy) is 2. The summed E-state index contributed by atoms with van der Waals surface area (Å²) in [6, 6.07) is 20.7. The van der Waals surface area contributed by atoms with Crippen LogP contribution in [0, 0.1) is 0 Å². The Morgan fingerprint density at radius 2 is 1.56 bits per heavy atom. The zero-order valence-electron chi connectivity index (χ0n) is 19.5. The van der Waals surface area contributed by atoms with E-state index in [4.69, 9.17) is 9.47 Å². The van der Waals surface area contributed by atoms with Crippen LogP contribution in [0.25, 0.3) is 0 Å². The molecule has 0 saturated carbocycles. The van der Waals surface area contributed by atoms with Crippen LogP contribution in [0.15, 0.2) is 82.4 Å². The summed E-state index contributed by atoms with van der Waals surface area (Å²) in [6.45, 7) is 2.43. The third-order valence-corrected chi connectivity index (χ3v) is 5.06. The van der Waals surface area contributed by atoms with Crippen molar-refractivity contribution in [3.8, 4) is 11.5 Å². The molecule has 0 aliphatic carbocycles. The Morgan fingerprint density at radius 1 is 0.861 bits per heavy atom. The highest BCUT2D eigenvalue weighted by Crippen LogP contribution is 2.16. The minimum absolute atomic E-state index is 0.181. The van der Waals surface area contributed by atoms with Gasteiger partial charge in [-0.1, -0.05) is 35.0 Å². The fourth-order valence-electron chi connectivity index (χ4n) is 2.82. The van der Waals surface area contributed by atoms with Crippen molar-refractivity contribution in [1.29, 1.82) is 0 Å². The summed E-state index contributed by atoms with van der Waals surface area (Å²) in [5, 5.41) is 9.03. The molecule has 9 nitrogen and oxygen atoms in total. The van der Waals surface area contributed by atoms with Crippen LogP contribution in [0.2, 0.25) is 0 Å². The van der Waals surface area contributed by atoms with Crippen LogP contribution in [0.4, 0.5) is 11.4 Å². The fraction of sp³-hybridized carbons (Fsp3) is 0.154. The van der Waals surface area contributed by atoms with E-state index in [0.29, 0.717) is 35.0 Å². The smallest absolute Gasteiger partial charge is 0.329 e. The highest BCUT2D eigenvalue weighted by atomic mass is 79.9. The molecule has 0 heterocycles. The van der Waals surface area contributed by atoms with E-state index >= 15 is 0 Å². The maximum absolute atomic E-state index is 12.1. The van der Waals surface area contributed by atoms with Crippen LogP contribution in [-0.2, 0) is 14.4 Å². The van der Waals surface area contributed by atoms with E-state index in [1.807, 2.05) is 19.1 Å². The molecule has 0 aromatic heterocycles. The first-order valence-electron chi connectivity index (χ1n) is 11.1. The van der Waals surface area contributed by atoms with Crippen molar-refractivity contribution in [3.63, 3.8) is 0 Å². The molecule has 0 spiro atoms. The van der Waals surface area contributed by atoms with E-state index in [0.717, 1.165) is 10.9 Å². The Kier molecular flexibility index (Phi) is 10.0. The number of hydrogen-bond donors (Lipinski definition) is 3. The molecule has 0 radical (unpaired) electrons. The van der Waals surface area contributed by atoms with Gasteiger partial charge in [0.15, 0.2) is 6.61 Å². The molecule has 0 saturated heterocycles. The average Bonchev–Trinajstić information content (AvgIpc) is 2.88. The first kappa shape index (κ1) is 26.4. The molecule has 36 heavy (non-hydrogen) atoms. The van der Waals surface area contributed by atoms with Crippen molar-refractivity contribution >= 4 is 51.2 Å². The van der Waals surface area contributed by atoms with Gasteiger partial charge in [-0.3, -0.25) is 14.4 Å². The minimum Gasteiger partial charge on any atom is -0.494 e. The second-order valence-electron chi connectivity index (χ2n) is 7.44. The average molecular weight is 553 g/mol. The monoisotopic (exact) mass is 552 g/mol. The summed E-state index contributed by atoms with van der Waals surface area (Å²) in [7, 11) is 0. The van der Waals surface area contributed by atoms with Gasteiger partial charge in [0.1, 0.15) is 11.5 Å². The van der Waals surface area contributed by atoms with Crippen LogP contribution in [0.5, 0.6) is 11.5 Å². The summed E-state index contributed by atoms with van der Waals surface area (Å²) in [5.41, 5.74) is 3.89. The number of carbonyl (C=O) groups excluding carboxylic acids is 3. The van der Waals surface area contributed by atoms with Gasteiger partial charge >= 0.3 is 11.8 Å². The Bertz CT molecular complexity index is 1210. The largest absolute Gasteiger partial charge is 0.494 e. The molecule has 3 amide bonds. The van der Waals surface area contributed by atoms with Crippen molar-refractivity contribution in [2.24, 2.45) is 5.10 Å². The fourth-order valence-corrected chi connectivity index (χ4v) is 3.09. The Morgan fingerprint density at radius 3 is 2.28 bits per heavy atom. The summed E-state index contributed by atoms with van der Waals surface area (Å²) in [5.74, 6) is -0.962. The van der Waals surface area contributed by atoms with Crippen molar-refractivity contribution in [2.75, 3.05) is 23.8 Å². The number of rotatable bonds is 10. The topological polar surface area (TPSA) is 118 Å². The zero-order chi connectivity index (χ0) is 25.8. The van der Waals surface area contributed by atoms with E-state index in [1.165, 1.54) is 6.21 Å². The number of benzene rings is 3. The van der Waals surface area contributed by atoms with Crippen LogP contribution >= 0.6 is 15.9 Å². The van der Waals surface area contributed by atoms with Gasteiger partial charge in [-0.15, -0.1) is 0 Å². The summed E-state index contributed by atoms with van der Waals surface area (Å²) in [6.07, 6.45) is 2.25. The molecular formula is C26H25BrN4O5. The lowest BCUT2D eigenvalue weighted by atomic mass is 10.2. The van der Waals surface area contributed by atoms with E-state index in [1.54, 1.807) is 60.7 Å². The van der Waals surface area contributed by atoms with Gasteiger partial charge in [0, 0.05) is 15.8 Å². The normalized spacial score (nSPS) is 10.5. The van der Waals surface area contributed by atoms with Crippen LogP contribution < -0.4 is 25.5 Å². The number of nitrogens with one attached hydrogen (secondary N) is 3. The quantitative estimate of drug-likeness (QED) is 0.196. The summed E-state index contributed by atoms with van der Waals surface area (Å²) >= 11 is 3.34. The summed E-state index contributed by atoms with van der Waals surface area (Å²) < 4.78 is 11.9. The predicted molar refractivity (Wildman–Crippen MR) is 141 cm³/mol. The maximum Gasteiger partial charge on any atom is 0.329 e. The summed E-state index contributed by atoms with van der Waals surface area (Å²) in [4.78, 5) is 36.2. The minimum atomic E-state index is -0.922. The molecule has 0 bridgehead atoms. The first-order chi connectivity index (χ1) is 17.4. The van der Waals surface area contributed by atoms with E-state index in [9.17, 15) is 14.4 Å². The molecular weight excluding hydrogens is 528 g/mol. The Hall–Kier alpha value is -4.18. The van der Waals surface area contributed by atoms with Crippen molar-refractivity contribution in [2.45, 2.75) is 13.3 Å². The lowest BCUT2D eigenvalue weighted by Gasteiger charge is -2.08. The van der Waals surface area contributed by atoms with Gasteiger partial charge in [0.05, 0.1) is 12.8 Å². The van der Waals surface area contributed by atoms with Crippen molar-refractivity contribution in [3.05, 3.63) is 82.8 Å². The van der Waals surface area contributed by atoms with Crippen molar-refractivity contribution in [1.82, 2.24) is 5.43 Å². The number of carbonyl (C=O) groups is 3. The number of hydrazone groups is 1. The first-order valence-corrected chi connectivity index (χ1v) is 11.9. The van der Waals surface area contributed by atoms with Crippen LogP contribution in [0.1, 0.15) is 18.9 Å². The molecule has 3 N–H and O–H groups in total. The molecule has 3 rings (SSSR count). The van der Waals surface area contributed by atoms with Gasteiger partial charge in [-0.25, -0.2) is 5.43 Å². The highest BCUT2D eigenvalue weighted by Gasteiger charge is 2.13. The molecule has 0 fully saturated rings. The molecule has 0 unspecified atom stereocenters. The van der Waals surface area contributed by atoms with Crippen LogP contribution in [0.3, 0.4) is 0 Å². The molecule has 0 atom stereocenters. The van der Waals surface area contributed by atoms with Gasteiger partial charge < -0.3 is 20.1 Å². The van der Waals surface area contributed by atoms with Gasteiger partial charge in [0.25, 0.3) is 5.91 Å². The third kappa shape index (κ3) is 8.88. The number of amides is 3. The molecule has 0 aliphatic rings. The van der Waals surface area contributed by atoms with Crippen molar-refractivity contribution < 1.29 is 23.9 Å². The number of anilines is 2. The third-order valence-electron chi connectivity index (χ3n) is 4.53. The highest BCUT2D eigenvalue weighted by molar-refractivity contribution is 9.10. The van der Waals surface area contributed by atoms with E-state index < -0.39 is 11.8 Å². The standard InChI is InChI=1S/C26H25BrN4O5/c1-2-14-35-22-12-10-21(11-13-22)30-25(33)26(34)31-28-16-18-4-3-5-23(15-18)36-17-24(32)29-20-8-6-19(27)7-9-20/h3-13,15-16H,2,14,17H2,1H3,(H,29,32)(H,30,33)(H,31,34)/b28-16-. The maximum atomic E-state index is 12.1. The lowest BCUT2D eigenvalue weighted by Crippen LogP contribution is -2.32. The number of hydrogen-bond acceptors (Lipinski definition) is 6. The van der Waals surface area contributed by atoms with Crippen LogP contribution in [-0.4, -0.2) is 37.1 Å². The van der Waals surface area contributed by atoms with Gasteiger partial charge in [0.2, 0.25) is 0 Å². The number of halogens is 1. The Labute approximate surface area is 217 Å². The second kappa shape index (κ2) is 13.6. The predicted octanol–water partition coefficient (Wildman–Crippen LogP) is 4.34. The number of nitrogens with zero attached hydrogens (tertiary/aromatic N) is 1. The molecule has 3 aromatic carbocycles. The SMILES string of the molecule is CCCOc1ccc(NC(=O)C(=O)N/N=C\c2cccc(OCC(=O)Nc3ccc(Br)cc3)c2)cc1. The second-order valence-corrected chi connectivity index (χ2v) is 8.36. The molecule has 186 valence electrons. The lowest BCUT2D eigenvalue weighted by molar-refractivity contribution is -0.136. The van der Waals surface area contributed by atoms with E-state index in [2.05, 4.69) is 37.1 Å². The van der Waals surface area contributed by atoms with E-state index in [-0.39, 0.29) is 12.5 Å². The molecule has 10 heteroatoms. The molecule has 3 aromatic rings. The Balaban J connectivity index is 1.44. The van der Waals surface area contributed by atoms with Gasteiger partial charge in [-0.05, 0) is 72.6 Å². The zero-order valence-corrected chi connectivity index (χ0v) is 21.1.